The monoisotopic (exact) mass is 330 g/mol. The van der Waals surface area contributed by atoms with Crippen LogP contribution in [0.2, 0.25) is 5.02 Å². The van der Waals surface area contributed by atoms with Crippen molar-refractivity contribution in [1.82, 2.24) is 4.90 Å². The van der Waals surface area contributed by atoms with Gasteiger partial charge in [0.25, 0.3) is 0 Å². The summed E-state index contributed by atoms with van der Waals surface area (Å²) in [5.74, 6) is 0. The number of nitrogens with two attached hydrogens (primary N) is 1. The summed E-state index contributed by atoms with van der Waals surface area (Å²) < 4.78 is 0.939. The van der Waals surface area contributed by atoms with Gasteiger partial charge in [0.05, 0.1) is 11.1 Å². The molecule has 2 N–H and O–H groups in total. The second kappa shape index (κ2) is 5.12. The van der Waals surface area contributed by atoms with Crippen molar-refractivity contribution in [3.63, 3.8) is 0 Å². The normalized spacial score (nSPS) is 25.7. The summed E-state index contributed by atoms with van der Waals surface area (Å²) in [6, 6.07) is 6.58. The van der Waals surface area contributed by atoms with Crippen LogP contribution in [0.5, 0.6) is 0 Å². The van der Waals surface area contributed by atoms with E-state index in [4.69, 9.17) is 17.3 Å². The molecule has 1 heterocycles. The summed E-state index contributed by atoms with van der Waals surface area (Å²) >= 11 is 9.55. The maximum Gasteiger partial charge on any atom is 0.0548 e. The van der Waals surface area contributed by atoms with Crippen molar-refractivity contribution in [3.8, 4) is 0 Å². The molecule has 1 aromatic carbocycles. The zero-order valence-corrected chi connectivity index (χ0v) is 13.4. The first-order valence-corrected chi connectivity index (χ1v) is 7.45. The fourth-order valence-electron chi connectivity index (χ4n) is 2.69. The average Bonchev–Trinajstić information content (AvgIpc) is 2.64. The van der Waals surface area contributed by atoms with Crippen LogP contribution >= 0.6 is 27.5 Å². The molecule has 2 rings (SSSR count). The second-order valence-electron chi connectivity index (χ2n) is 5.94. The Balaban J connectivity index is 2.37. The minimum absolute atomic E-state index is 0.130. The highest BCUT2D eigenvalue weighted by molar-refractivity contribution is 9.10. The van der Waals surface area contributed by atoms with Gasteiger partial charge in [0.1, 0.15) is 0 Å². The molecule has 2 atom stereocenters. The fraction of sp³-hybridized carbons (Fsp3) is 0.571. The molecule has 1 aromatic rings. The van der Waals surface area contributed by atoms with Crippen molar-refractivity contribution in [2.75, 3.05) is 6.54 Å². The summed E-state index contributed by atoms with van der Waals surface area (Å²) in [7, 11) is 0. The SMILES string of the molecule is CC(C)(C)N1CCC(N)C1c1ccc(Cl)c(Br)c1. The Morgan fingerprint density at radius 1 is 1.39 bits per heavy atom. The lowest BCUT2D eigenvalue weighted by Gasteiger charge is -2.38. The van der Waals surface area contributed by atoms with Gasteiger partial charge in [-0.1, -0.05) is 17.7 Å². The number of rotatable bonds is 1. The highest BCUT2D eigenvalue weighted by Crippen LogP contribution is 2.38. The van der Waals surface area contributed by atoms with Gasteiger partial charge in [-0.05, 0) is 60.8 Å². The van der Waals surface area contributed by atoms with Gasteiger partial charge in [0.2, 0.25) is 0 Å². The molecule has 1 saturated heterocycles. The molecule has 0 bridgehead atoms. The van der Waals surface area contributed by atoms with Crippen molar-refractivity contribution >= 4 is 27.5 Å². The second-order valence-corrected chi connectivity index (χ2v) is 7.20. The molecule has 2 nitrogen and oxygen atoms in total. The zero-order chi connectivity index (χ0) is 13.5. The largest absolute Gasteiger partial charge is 0.326 e. The predicted molar refractivity (Wildman–Crippen MR) is 80.9 cm³/mol. The Kier molecular flexibility index (Phi) is 4.07. The number of halogens is 2. The first-order chi connectivity index (χ1) is 8.30. The number of nitrogens with zero attached hydrogens (tertiary/aromatic N) is 1. The van der Waals surface area contributed by atoms with Crippen LogP contribution in [0, 0.1) is 0 Å². The van der Waals surface area contributed by atoms with Gasteiger partial charge in [-0.3, -0.25) is 4.90 Å². The summed E-state index contributed by atoms with van der Waals surface area (Å²) in [4.78, 5) is 2.48. The lowest BCUT2D eigenvalue weighted by molar-refractivity contribution is 0.117. The molecule has 1 fully saturated rings. The van der Waals surface area contributed by atoms with Crippen LogP contribution in [0.1, 0.15) is 38.8 Å². The van der Waals surface area contributed by atoms with Gasteiger partial charge in [0, 0.05) is 22.6 Å². The third kappa shape index (κ3) is 2.74. The Hall–Kier alpha value is -0.0900. The van der Waals surface area contributed by atoms with Gasteiger partial charge in [-0.15, -0.1) is 0 Å². The third-order valence-corrected chi connectivity index (χ3v) is 4.81. The highest BCUT2D eigenvalue weighted by atomic mass is 79.9. The summed E-state index contributed by atoms with van der Waals surface area (Å²) in [5, 5.41) is 0.743. The summed E-state index contributed by atoms with van der Waals surface area (Å²) in [6.45, 7) is 7.77. The summed E-state index contributed by atoms with van der Waals surface area (Å²) in [6.07, 6.45) is 1.04. The average molecular weight is 332 g/mol. The standard InChI is InChI=1S/C14H20BrClN2/c1-14(2,3)18-7-6-12(17)13(18)9-4-5-11(16)10(15)8-9/h4-5,8,12-13H,6-7,17H2,1-3H3. The van der Waals surface area contributed by atoms with Crippen LogP contribution in [0.25, 0.3) is 0 Å². The van der Waals surface area contributed by atoms with Crippen molar-refractivity contribution in [2.45, 2.75) is 44.8 Å². The van der Waals surface area contributed by atoms with Gasteiger partial charge >= 0.3 is 0 Å². The molecule has 1 aliphatic heterocycles. The van der Waals surface area contributed by atoms with Crippen LogP contribution < -0.4 is 5.73 Å². The molecule has 4 heteroatoms. The smallest absolute Gasteiger partial charge is 0.0548 e. The Morgan fingerprint density at radius 2 is 2.06 bits per heavy atom. The molecule has 100 valence electrons. The van der Waals surface area contributed by atoms with Crippen LogP contribution in [0.15, 0.2) is 22.7 Å². The van der Waals surface area contributed by atoms with Crippen molar-refractivity contribution in [3.05, 3.63) is 33.3 Å². The van der Waals surface area contributed by atoms with E-state index in [1.165, 1.54) is 5.56 Å². The van der Waals surface area contributed by atoms with E-state index >= 15 is 0 Å². The van der Waals surface area contributed by atoms with Gasteiger partial charge < -0.3 is 5.73 Å². The molecule has 0 aliphatic carbocycles. The number of hydrogen-bond donors (Lipinski definition) is 1. The van der Waals surface area contributed by atoms with Gasteiger partial charge in [-0.25, -0.2) is 0 Å². The minimum Gasteiger partial charge on any atom is -0.326 e. The Labute approximate surface area is 123 Å². The Morgan fingerprint density at radius 3 is 2.61 bits per heavy atom. The zero-order valence-electron chi connectivity index (χ0n) is 11.1. The van der Waals surface area contributed by atoms with Crippen molar-refractivity contribution in [1.29, 1.82) is 0 Å². The third-order valence-electron chi connectivity index (χ3n) is 3.59. The molecule has 18 heavy (non-hydrogen) atoms. The molecular weight excluding hydrogens is 312 g/mol. The molecule has 1 aliphatic rings. The maximum absolute atomic E-state index is 6.30. The quantitative estimate of drug-likeness (QED) is 0.843. The molecule has 2 unspecified atom stereocenters. The van der Waals surface area contributed by atoms with E-state index in [0.29, 0.717) is 0 Å². The van der Waals surface area contributed by atoms with E-state index in [-0.39, 0.29) is 17.6 Å². The number of benzene rings is 1. The number of likely N-dealkylation sites (tertiary alicyclic amines) is 1. The highest BCUT2D eigenvalue weighted by Gasteiger charge is 2.38. The Bertz CT molecular complexity index is 442. The molecule has 0 aromatic heterocycles. The van der Waals surface area contributed by atoms with Crippen LogP contribution in [-0.2, 0) is 0 Å². The molecule has 0 saturated carbocycles. The van der Waals surface area contributed by atoms with Gasteiger partial charge in [-0.2, -0.15) is 0 Å². The van der Waals surface area contributed by atoms with E-state index in [2.05, 4.69) is 53.7 Å². The summed E-state index contributed by atoms with van der Waals surface area (Å²) in [5.41, 5.74) is 7.67. The maximum atomic E-state index is 6.30. The van der Waals surface area contributed by atoms with E-state index in [1.807, 2.05) is 6.07 Å². The van der Waals surface area contributed by atoms with Gasteiger partial charge in [0.15, 0.2) is 0 Å². The topological polar surface area (TPSA) is 29.3 Å². The van der Waals surface area contributed by atoms with Crippen LogP contribution in [0.4, 0.5) is 0 Å². The molecular formula is C14H20BrClN2. The number of hydrogen-bond acceptors (Lipinski definition) is 2. The molecule has 0 radical (unpaired) electrons. The lowest BCUT2D eigenvalue weighted by Crippen LogP contribution is -2.43. The van der Waals surface area contributed by atoms with E-state index in [1.54, 1.807) is 0 Å². The van der Waals surface area contributed by atoms with Crippen molar-refractivity contribution < 1.29 is 0 Å². The fourth-order valence-corrected chi connectivity index (χ4v) is 3.21. The van der Waals surface area contributed by atoms with E-state index in [0.717, 1.165) is 22.5 Å². The van der Waals surface area contributed by atoms with Crippen molar-refractivity contribution in [2.24, 2.45) is 5.73 Å². The predicted octanol–water partition coefficient (Wildman–Crippen LogP) is 3.98. The van der Waals surface area contributed by atoms with E-state index in [9.17, 15) is 0 Å². The molecule has 0 spiro atoms. The van der Waals surface area contributed by atoms with Crippen LogP contribution in [-0.4, -0.2) is 23.0 Å². The van der Waals surface area contributed by atoms with Crippen LogP contribution in [0.3, 0.4) is 0 Å². The first-order valence-electron chi connectivity index (χ1n) is 6.28. The first kappa shape index (κ1) is 14.3. The molecule has 0 amide bonds. The lowest BCUT2D eigenvalue weighted by atomic mass is 9.97. The minimum atomic E-state index is 0.130. The van der Waals surface area contributed by atoms with E-state index < -0.39 is 0 Å².